The van der Waals surface area contributed by atoms with E-state index in [0.29, 0.717) is 6.42 Å². The Hall–Kier alpha value is -1.98. The van der Waals surface area contributed by atoms with Crippen molar-refractivity contribution in [3.05, 3.63) is 59.7 Å². The maximum absolute atomic E-state index is 12.2. The van der Waals surface area contributed by atoms with Gasteiger partial charge in [-0.2, -0.15) is 0 Å². The van der Waals surface area contributed by atoms with Crippen LogP contribution >= 0.6 is 11.8 Å². The van der Waals surface area contributed by atoms with Crippen LogP contribution in [0.4, 0.5) is 10.5 Å². The zero-order valence-electron chi connectivity index (χ0n) is 12.2. The van der Waals surface area contributed by atoms with Crippen LogP contribution in [0.5, 0.6) is 0 Å². The molecule has 0 radical (unpaired) electrons. The van der Waals surface area contributed by atoms with Gasteiger partial charge in [-0.05, 0) is 35.6 Å². The van der Waals surface area contributed by atoms with Crippen LogP contribution in [0.1, 0.15) is 17.2 Å². The minimum Gasteiger partial charge on any atom is -0.390 e. The van der Waals surface area contributed by atoms with Gasteiger partial charge in [-0.1, -0.05) is 30.3 Å². The maximum Gasteiger partial charge on any atom is 0.319 e. The zero-order chi connectivity index (χ0) is 15.5. The quantitative estimate of drug-likeness (QED) is 0.763. The fraction of sp³-hybridized carbons (Fsp3) is 0.235. The molecule has 4 nitrogen and oxygen atoms in total. The van der Waals surface area contributed by atoms with E-state index in [1.807, 2.05) is 54.8 Å². The number of benzene rings is 2. The van der Waals surface area contributed by atoms with E-state index in [1.165, 1.54) is 0 Å². The average Bonchev–Trinajstić information content (AvgIpc) is 2.83. The van der Waals surface area contributed by atoms with Gasteiger partial charge >= 0.3 is 6.03 Å². The first kappa shape index (κ1) is 14.9. The molecule has 114 valence electrons. The molecule has 2 atom stereocenters. The summed E-state index contributed by atoms with van der Waals surface area (Å²) in [5.41, 5.74) is 2.82. The van der Waals surface area contributed by atoms with Gasteiger partial charge in [0, 0.05) is 17.0 Å². The predicted molar refractivity (Wildman–Crippen MR) is 89.3 cm³/mol. The van der Waals surface area contributed by atoms with Crippen molar-refractivity contribution >= 4 is 23.5 Å². The van der Waals surface area contributed by atoms with Crippen LogP contribution in [0.25, 0.3) is 0 Å². The molecule has 3 rings (SSSR count). The molecule has 0 spiro atoms. The van der Waals surface area contributed by atoms with Crippen molar-refractivity contribution < 1.29 is 9.90 Å². The molecule has 2 aromatic carbocycles. The third-order valence-corrected chi connectivity index (χ3v) is 4.54. The van der Waals surface area contributed by atoms with Gasteiger partial charge in [0.2, 0.25) is 0 Å². The number of urea groups is 1. The Morgan fingerprint density at radius 1 is 1.23 bits per heavy atom. The lowest BCUT2D eigenvalue weighted by molar-refractivity contribution is 0.144. The Kier molecular flexibility index (Phi) is 4.36. The van der Waals surface area contributed by atoms with E-state index in [9.17, 15) is 9.90 Å². The smallest absolute Gasteiger partial charge is 0.319 e. The average molecular weight is 314 g/mol. The molecule has 2 aromatic rings. The molecule has 2 amide bonds. The number of aliphatic hydroxyl groups excluding tert-OH is 1. The van der Waals surface area contributed by atoms with Gasteiger partial charge in [-0.3, -0.25) is 0 Å². The molecule has 0 bridgehead atoms. The molecule has 22 heavy (non-hydrogen) atoms. The number of amides is 2. The van der Waals surface area contributed by atoms with Gasteiger partial charge < -0.3 is 15.7 Å². The summed E-state index contributed by atoms with van der Waals surface area (Å²) in [7, 11) is 0. The van der Waals surface area contributed by atoms with Crippen molar-refractivity contribution in [3.8, 4) is 0 Å². The molecule has 0 unspecified atom stereocenters. The normalized spacial score (nSPS) is 19.5. The minimum absolute atomic E-state index is 0.306. The van der Waals surface area contributed by atoms with Gasteiger partial charge in [0.1, 0.15) is 0 Å². The second kappa shape index (κ2) is 6.42. The molecule has 5 heteroatoms. The van der Waals surface area contributed by atoms with E-state index in [2.05, 4.69) is 10.6 Å². The minimum atomic E-state index is -0.583. The standard InChI is InChI=1S/C17H18N2O2S/c1-22-13-7-4-6-12(10-13)18-17(21)19-16-14-8-3-2-5-11(14)9-15(16)20/h2-8,10,15-16,20H,9H2,1H3,(H2,18,19,21)/t15-,16+/m1/s1. The van der Waals surface area contributed by atoms with Gasteiger partial charge in [0.25, 0.3) is 0 Å². The fourth-order valence-electron chi connectivity index (χ4n) is 2.76. The van der Waals surface area contributed by atoms with E-state index in [0.717, 1.165) is 21.7 Å². The highest BCUT2D eigenvalue weighted by molar-refractivity contribution is 7.98. The number of nitrogens with one attached hydrogen (secondary N) is 2. The Morgan fingerprint density at radius 3 is 2.86 bits per heavy atom. The highest BCUT2D eigenvalue weighted by Crippen LogP contribution is 2.31. The largest absolute Gasteiger partial charge is 0.390 e. The van der Waals surface area contributed by atoms with Crippen molar-refractivity contribution in [2.75, 3.05) is 11.6 Å². The Labute approximate surface area is 133 Å². The fourth-order valence-corrected chi connectivity index (χ4v) is 3.22. The van der Waals surface area contributed by atoms with Crippen LogP contribution in [-0.4, -0.2) is 23.5 Å². The van der Waals surface area contributed by atoms with E-state index in [-0.39, 0.29) is 12.1 Å². The number of hydrogen-bond acceptors (Lipinski definition) is 3. The third kappa shape index (κ3) is 3.10. The highest BCUT2D eigenvalue weighted by Gasteiger charge is 2.31. The second-order valence-corrected chi connectivity index (χ2v) is 6.16. The summed E-state index contributed by atoms with van der Waals surface area (Å²) in [4.78, 5) is 13.3. The topological polar surface area (TPSA) is 61.4 Å². The summed E-state index contributed by atoms with van der Waals surface area (Å²) in [6.45, 7) is 0. The molecule has 3 N–H and O–H groups in total. The number of hydrogen-bond donors (Lipinski definition) is 3. The Balaban J connectivity index is 1.69. The summed E-state index contributed by atoms with van der Waals surface area (Å²) in [6, 6.07) is 14.8. The maximum atomic E-state index is 12.2. The SMILES string of the molecule is CSc1cccc(NC(=O)N[C@H]2c3ccccc3C[C@H]2O)c1. The zero-order valence-corrected chi connectivity index (χ0v) is 13.1. The number of rotatable bonds is 3. The predicted octanol–water partition coefficient (Wildman–Crippen LogP) is 3.19. The molecular weight excluding hydrogens is 296 g/mol. The van der Waals surface area contributed by atoms with Gasteiger partial charge in [-0.15, -0.1) is 11.8 Å². The molecule has 0 heterocycles. The third-order valence-electron chi connectivity index (χ3n) is 3.82. The van der Waals surface area contributed by atoms with Crippen LogP contribution in [0, 0.1) is 0 Å². The van der Waals surface area contributed by atoms with Crippen molar-refractivity contribution in [1.29, 1.82) is 0 Å². The van der Waals surface area contributed by atoms with Crippen molar-refractivity contribution in [1.82, 2.24) is 5.32 Å². The molecule has 0 fully saturated rings. The van der Waals surface area contributed by atoms with Crippen LogP contribution in [0.2, 0.25) is 0 Å². The molecule has 0 saturated heterocycles. The van der Waals surface area contributed by atoms with Crippen LogP contribution < -0.4 is 10.6 Å². The molecule has 0 saturated carbocycles. The number of carbonyl (C=O) groups excluding carboxylic acids is 1. The van der Waals surface area contributed by atoms with Crippen LogP contribution in [-0.2, 0) is 6.42 Å². The first-order chi connectivity index (χ1) is 10.7. The molecular formula is C17H18N2O2S. The molecule has 1 aliphatic rings. The monoisotopic (exact) mass is 314 g/mol. The summed E-state index contributed by atoms with van der Waals surface area (Å²) in [6.07, 6.45) is 1.98. The van der Waals surface area contributed by atoms with Crippen molar-refractivity contribution in [2.24, 2.45) is 0 Å². The Morgan fingerprint density at radius 2 is 2.05 bits per heavy atom. The molecule has 0 aromatic heterocycles. The summed E-state index contributed by atoms with van der Waals surface area (Å²) in [5.74, 6) is 0. The number of fused-ring (bicyclic) bond motifs is 1. The van der Waals surface area contributed by atoms with Gasteiger partial charge in [-0.25, -0.2) is 4.79 Å². The molecule has 0 aliphatic heterocycles. The van der Waals surface area contributed by atoms with E-state index < -0.39 is 6.10 Å². The number of anilines is 1. The first-order valence-corrected chi connectivity index (χ1v) is 8.37. The number of carbonyl (C=O) groups is 1. The Bertz CT molecular complexity index is 690. The number of thioether (sulfide) groups is 1. The van der Waals surface area contributed by atoms with Gasteiger partial charge in [0.15, 0.2) is 0 Å². The summed E-state index contributed by atoms with van der Waals surface area (Å²) >= 11 is 1.62. The molecule has 1 aliphatic carbocycles. The highest BCUT2D eigenvalue weighted by atomic mass is 32.2. The van der Waals surface area contributed by atoms with Crippen molar-refractivity contribution in [3.63, 3.8) is 0 Å². The summed E-state index contributed by atoms with van der Waals surface area (Å²) in [5, 5.41) is 15.8. The lowest BCUT2D eigenvalue weighted by Crippen LogP contribution is -2.36. The van der Waals surface area contributed by atoms with E-state index in [1.54, 1.807) is 11.8 Å². The number of aliphatic hydroxyl groups is 1. The van der Waals surface area contributed by atoms with Crippen molar-refractivity contribution in [2.45, 2.75) is 23.5 Å². The van der Waals surface area contributed by atoms with Crippen LogP contribution in [0.3, 0.4) is 0 Å². The second-order valence-electron chi connectivity index (χ2n) is 5.28. The lowest BCUT2D eigenvalue weighted by Gasteiger charge is -2.18. The first-order valence-electron chi connectivity index (χ1n) is 7.15. The van der Waals surface area contributed by atoms with Crippen LogP contribution in [0.15, 0.2) is 53.4 Å². The van der Waals surface area contributed by atoms with E-state index >= 15 is 0 Å². The van der Waals surface area contributed by atoms with Gasteiger partial charge in [0.05, 0.1) is 12.1 Å². The van der Waals surface area contributed by atoms with E-state index in [4.69, 9.17) is 0 Å². The summed E-state index contributed by atoms with van der Waals surface area (Å²) < 4.78 is 0. The lowest BCUT2D eigenvalue weighted by atomic mass is 10.1.